The van der Waals surface area contributed by atoms with Crippen LogP contribution >= 0.6 is 0 Å². The summed E-state index contributed by atoms with van der Waals surface area (Å²) in [4.78, 5) is 7.83. The van der Waals surface area contributed by atoms with Crippen LogP contribution in [0.4, 0.5) is 11.8 Å². The number of hydrogen-bond donors (Lipinski definition) is 3. The van der Waals surface area contributed by atoms with Crippen LogP contribution in [0.5, 0.6) is 23.1 Å². The fourth-order valence-corrected chi connectivity index (χ4v) is 1.59. The third kappa shape index (κ3) is 2.81. The molecule has 0 amide bonds. The normalized spacial score (nSPS) is 9.95. The van der Waals surface area contributed by atoms with Crippen LogP contribution in [0.3, 0.4) is 0 Å². The van der Waals surface area contributed by atoms with E-state index in [1.54, 1.807) is 18.2 Å². The first-order chi connectivity index (χ1) is 9.67. The zero-order valence-electron chi connectivity index (χ0n) is 11.1. The van der Waals surface area contributed by atoms with Gasteiger partial charge in [-0.15, -0.1) is 0 Å². The number of methoxy groups -OCH3 is 2. The monoisotopic (exact) mass is 277 g/mol. The number of rotatable bonds is 5. The van der Waals surface area contributed by atoms with Crippen molar-refractivity contribution >= 4 is 11.8 Å². The number of aromatic nitrogens is 2. The molecule has 0 saturated heterocycles. The molecule has 1 aromatic heterocycles. The van der Waals surface area contributed by atoms with E-state index in [4.69, 9.17) is 25.8 Å². The lowest BCUT2D eigenvalue weighted by Crippen LogP contribution is -2.10. The summed E-state index contributed by atoms with van der Waals surface area (Å²) >= 11 is 0. The summed E-state index contributed by atoms with van der Waals surface area (Å²) in [5.41, 5.74) is 7.95. The Bertz CT molecular complexity index is 583. The summed E-state index contributed by atoms with van der Waals surface area (Å²) in [6.45, 7) is 0. The van der Waals surface area contributed by atoms with Gasteiger partial charge >= 0.3 is 0 Å². The molecule has 0 fully saturated rings. The summed E-state index contributed by atoms with van der Waals surface area (Å²) in [5, 5.41) is 0. The predicted molar refractivity (Wildman–Crippen MR) is 73.9 cm³/mol. The zero-order chi connectivity index (χ0) is 14.5. The molecule has 1 aromatic carbocycles. The predicted octanol–water partition coefficient (Wildman–Crippen LogP) is 1.15. The number of hydrogen-bond acceptors (Lipinski definition) is 8. The number of hydrazine groups is 1. The molecule has 20 heavy (non-hydrogen) atoms. The molecule has 0 unspecified atom stereocenters. The Labute approximate surface area is 115 Å². The van der Waals surface area contributed by atoms with Crippen molar-refractivity contribution in [3.05, 3.63) is 24.3 Å². The number of para-hydroxylation sites is 1. The van der Waals surface area contributed by atoms with Crippen molar-refractivity contribution in [2.75, 3.05) is 25.4 Å². The van der Waals surface area contributed by atoms with Crippen molar-refractivity contribution in [1.82, 2.24) is 9.97 Å². The Morgan fingerprint density at radius 3 is 2.30 bits per heavy atom. The van der Waals surface area contributed by atoms with Gasteiger partial charge in [0.15, 0.2) is 11.5 Å². The molecule has 0 atom stereocenters. The van der Waals surface area contributed by atoms with E-state index in [-0.39, 0.29) is 11.8 Å². The van der Waals surface area contributed by atoms with Gasteiger partial charge < -0.3 is 25.4 Å². The number of ether oxygens (including phenoxy) is 3. The van der Waals surface area contributed by atoms with E-state index in [9.17, 15) is 0 Å². The minimum absolute atomic E-state index is 0.0318. The highest BCUT2D eigenvalue weighted by Crippen LogP contribution is 2.39. The van der Waals surface area contributed by atoms with Crippen LogP contribution in [0.1, 0.15) is 0 Å². The van der Waals surface area contributed by atoms with E-state index in [0.29, 0.717) is 23.1 Å². The van der Waals surface area contributed by atoms with Crippen molar-refractivity contribution in [1.29, 1.82) is 0 Å². The van der Waals surface area contributed by atoms with Gasteiger partial charge in [0.05, 0.1) is 14.2 Å². The fourth-order valence-electron chi connectivity index (χ4n) is 1.59. The summed E-state index contributed by atoms with van der Waals surface area (Å²) in [6.07, 6.45) is 0. The van der Waals surface area contributed by atoms with E-state index in [0.717, 1.165) is 0 Å². The smallest absolute Gasteiger partial charge is 0.226 e. The Kier molecular flexibility index (Phi) is 4.06. The zero-order valence-corrected chi connectivity index (χ0v) is 11.1. The van der Waals surface area contributed by atoms with Crippen molar-refractivity contribution in [2.24, 2.45) is 5.84 Å². The number of benzene rings is 1. The number of nitrogens with one attached hydrogen (secondary N) is 1. The molecule has 0 spiro atoms. The number of nitrogens with two attached hydrogens (primary N) is 2. The Morgan fingerprint density at radius 1 is 1.10 bits per heavy atom. The first kappa shape index (κ1) is 13.7. The molecule has 8 heteroatoms. The highest BCUT2D eigenvalue weighted by atomic mass is 16.5. The van der Waals surface area contributed by atoms with E-state index < -0.39 is 0 Å². The van der Waals surface area contributed by atoms with Crippen LogP contribution in [0.2, 0.25) is 0 Å². The van der Waals surface area contributed by atoms with Gasteiger partial charge in [-0.2, -0.15) is 9.97 Å². The maximum Gasteiger partial charge on any atom is 0.226 e. The first-order valence-electron chi connectivity index (χ1n) is 5.68. The molecule has 1 heterocycles. The molecule has 5 N–H and O–H groups in total. The van der Waals surface area contributed by atoms with Crippen molar-refractivity contribution in [3.8, 4) is 23.1 Å². The maximum atomic E-state index is 5.67. The highest BCUT2D eigenvalue weighted by Gasteiger charge is 2.14. The molecule has 106 valence electrons. The van der Waals surface area contributed by atoms with Crippen LogP contribution in [0.25, 0.3) is 0 Å². The maximum absolute atomic E-state index is 5.67. The standard InChI is InChI=1S/C12H15N5O3/c1-18-7-4-3-5-8(19-2)11(7)20-10-6-9(17-14)15-12(13)16-10/h3-6H,14H2,1-2H3,(H3,13,15,16,17). The van der Waals surface area contributed by atoms with Crippen molar-refractivity contribution in [3.63, 3.8) is 0 Å². The minimum atomic E-state index is 0.0318. The van der Waals surface area contributed by atoms with Gasteiger partial charge in [-0.25, -0.2) is 5.84 Å². The first-order valence-corrected chi connectivity index (χ1v) is 5.68. The van der Waals surface area contributed by atoms with Gasteiger partial charge in [-0.1, -0.05) is 6.07 Å². The molecular weight excluding hydrogens is 262 g/mol. The second kappa shape index (κ2) is 5.93. The van der Waals surface area contributed by atoms with Gasteiger partial charge in [0.25, 0.3) is 0 Å². The van der Waals surface area contributed by atoms with Crippen LogP contribution in [-0.2, 0) is 0 Å². The molecule has 8 nitrogen and oxygen atoms in total. The van der Waals surface area contributed by atoms with Gasteiger partial charge in [0, 0.05) is 6.07 Å². The van der Waals surface area contributed by atoms with Crippen molar-refractivity contribution < 1.29 is 14.2 Å². The van der Waals surface area contributed by atoms with Crippen LogP contribution < -0.4 is 31.2 Å². The largest absolute Gasteiger partial charge is 0.493 e. The molecule has 2 aromatic rings. The lowest BCUT2D eigenvalue weighted by atomic mass is 10.3. The number of anilines is 2. The van der Waals surface area contributed by atoms with Crippen LogP contribution in [0.15, 0.2) is 24.3 Å². The van der Waals surface area contributed by atoms with Crippen molar-refractivity contribution in [2.45, 2.75) is 0 Å². The average Bonchev–Trinajstić information content (AvgIpc) is 2.46. The van der Waals surface area contributed by atoms with Gasteiger partial charge in [-0.3, -0.25) is 0 Å². The summed E-state index contributed by atoms with van der Waals surface area (Å²) < 4.78 is 16.1. The fraction of sp³-hybridized carbons (Fsp3) is 0.167. The third-order valence-electron chi connectivity index (χ3n) is 2.46. The summed E-state index contributed by atoms with van der Waals surface area (Å²) in [5.74, 6) is 7.27. The molecule has 0 saturated carbocycles. The Balaban J connectivity index is 2.41. The van der Waals surface area contributed by atoms with Gasteiger partial charge in [0.1, 0.15) is 5.82 Å². The lowest BCUT2D eigenvalue weighted by Gasteiger charge is -2.13. The van der Waals surface area contributed by atoms with Gasteiger partial charge in [-0.05, 0) is 12.1 Å². The Morgan fingerprint density at radius 2 is 1.75 bits per heavy atom. The lowest BCUT2D eigenvalue weighted by molar-refractivity contribution is 0.342. The molecule has 0 bridgehead atoms. The Hall–Kier alpha value is -2.74. The van der Waals surface area contributed by atoms with E-state index in [1.165, 1.54) is 20.3 Å². The van der Waals surface area contributed by atoms with E-state index in [2.05, 4.69) is 15.4 Å². The highest BCUT2D eigenvalue weighted by molar-refractivity contribution is 5.53. The van der Waals surface area contributed by atoms with Crippen LogP contribution in [0, 0.1) is 0 Å². The second-order valence-electron chi connectivity index (χ2n) is 3.69. The summed E-state index contributed by atoms with van der Waals surface area (Å²) in [6, 6.07) is 6.77. The SMILES string of the molecule is COc1cccc(OC)c1Oc1cc(NN)nc(N)n1. The summed E-state index contributed by atoms with van der Waals surface area (Å²) in [7, 11) is 3.06. The van der Waals surface area contributed by atoms with E-state index in [1.807, 2.05) is 0 Å². The quantitative estimate of drug-likeness (QED) is 0.550. The molecule has 2 rings (SSSR count). The van der Waals surface area contributed by atoms with E-state index >= 15 is 0 Å². The second-order valence-corrected chi connectivity index (χ2v) is 3.69. The third-order valence-corrected chi connectivity index (χ3v) is 2.46. The average molecular weight is 277 g/mol. The molecule has 0 aliphatic rings. The molecular formula is C12H15N5O3. The minimum Gasteiger partial charge on any atom is -0.493 e. The topological polar surface area (TPSA) is 118 Å². The molecule has 0 aliphatic carbocycles. The molecule has 0 aliphatic heterocycles. The number of nitrogen functional groups attached to an aromatic ring is 2. The number of nitrogens with zero attached hydrogens (tertiary/aromatic N) is 2. The molecule has 0 radical (unpaired) electrons. The van der Waals surface area contributed by atoms with Gasteiger partial charge in [0.2, 0.25) is 17.6 Å². The van der Waals surface area contributed by atoms with Crippen LogP contribution in [-0.4, -0.2) is 24.2 Å².